The van der Waals surface area contributed by atoms with Crippen molar-refractivity contribution in [2.45, 2.75) is 39.6 Å². The predicted octanol–water partition coefficient (Wildman–Crippen LogP) is 2.19. The molecule has 1 unspecified atom stereocenters. The second-order valence-corrected chi connectivity index (χ2v) is 5.33. The minimum Gasteiger partial charge on any atom is -0.461 e. The van der Waals surface area contributed by atoms with E-state index in [1.165, 1.54) is 0 Å². The molecule has 100 valence electrons. The van der Waals surface area contributed by atoms with Crippen molar-refractivity contribution >= 4 is 11.0 Å². The molecule has 1 aromatic carbocycles. The summed E-state index contributed by atoms with van der Waals surface area (Å²) in [6.45, 7) is 5.47. The predicted molar refractivity (Wildman–Crippen MR) is 71.1 cm³/mol. The van der Waals surface area contributed by atoms with Gasteiger partial charge in [0.25, 0.3) is 0 Å². The molecule has 3 rings (SSSR count). The van der Waals surface area contributed by atoms with Crippen LogP contribution in [0.1, 0.15) is 29.4 Å². The molecular weight excluding hydrogens is 244 g/mol. The molecular formula is C15H16O4. The molecule has 2 heterocycles. The zero-order chi connectivity index (χ0) is 13.8. The maximum atomic E-state index is 12.4. The Hall–Kier alpha value is -1.65. The third kappa shape index (κ3) is 1.88. The third-order valence-electron chi connectivity index (χ3n) is 3.77. The smallest absolute Gasteiger partial charge is 0.196 e. The highest BCUT2D eigenvalue weighted by Crippen LogP contribution is 2.31. The highest BCUT2D eigenvalue weighted by atomic mass is 16.6. The van der Waals surface area contributed by atoms with Gasteiger partial charge in [0.1, 0.15) is 11.3 Å². The van der Waals surface area contributed by atoms with Crippen LogP contribution in [0.5, 0.6) is 0 Å². The van der Waals surface area contributed by atoms with E-state index in [4.69, 9.17) is 9.15 Å². The normalized spacial score (nSPS) is 22.5. The zero-order valence-corrected chi connectivity index (χ0v) is 11.2. The average Bonchev–Trinajstić information content (AvgIpc) is 2.34. The van der Waals surface area contributed by atoms with Crippen LogP contribution < -0.4 is 5.43 Å². The summed E-state index contributed by atoms with van der Waals surface area (Å²) in [6, 6.07) is 3.69. The molecule has 19 heavy (non-hydrogen) atoms. The second kappa shape index (κ2) is 3.92. The molecule has 1 atom stereocenters. The van der Waals surface area contributed by atoms with Crippen molar-refractivity contribution < 1.29 is 14.3 Å². The molecule has 0 saturated carbocycles. The summed E-state index contributed by atoms with van der Waals surface area (Å²) in [5.41, 5.74) is 2.95. The summed E-state index contributed by atoms with van der Waals surface area (Å²) < 4.78 is 11.0. The molecule has 0 bridgehead atoms. The molecule has 1 aromatic heterocycles. The van der Waals surface area contributed by atoms with Gasteiger partial charge < -0.3 is 14.3 Å². The highest BCUT2D eigenvalue weighted by Gasteiger charge is 2.30. The average molecular weight is 260 g/mol. The maximum absolute atomic E-state index is 12.4. The molecule has 0 radical (unpaired) electrons. The van der Waals surface area contributed by atoms with Crippen LogP contribution in [-0.4, -0.2) is 10.9 Å². The molecule has 1 N–H and O–H groups in total. The summed E-state index contributed by atoms with van der Waals surface area (Å²) in [5.74, 6) is -0.594. The first-order valence-corrected chi connectivity index (χ1v) is 6.30. The first kappa shape index (κ1) is 12.4. The number of fused-ring (bicyclic) bond motifs is 3. The van der Waals surface area contributed by atoms with Gasteiger partial charge in [0, 0.05) is 12.0 Å². The monoisotopic (exact) mass is 260 g/mol. The maximum Gasteiger partial charge on any atom is 0.196 e. The fourth-order valence-corrected chi connectivity index (χ4v) is 2.54. The quantitative estimate of drug-likeness (QED) is 0.788. The van der Waals surface area contributed by atoms with E-state index in [1.54, 1.807) is 26.8 Å². The van der Waals surface area contributed by atoms with E-state index in [-0.39, 0.29) is 5.43 Å². The second-order valence-electron chi connectivity index (χ2n) is 5.33. The van der Waals surface area contributed by atoms with E-state index in [0.29, 0.717) is 35.3 Å². The van der Waals surface area contributed by atoms with Crippen molar-refractivity contribution in [1.82, 2.24) is 0 Å². The minimum absolute atomic E-state index is 0.0201. The number of hydrogen-bond donors (Lipinski definition) is 1. The lowest BCUT2D eigenvalue weighted by atomic mass is 9.93. The number of ether oxygens (including phenoxy) is 1. The minimum atomic E-state index is -1.23. The number of aryl methyl sites for hydroxylation is 1. The van der Waals surface area contributed by atoms with Crippen molar-refractivity contribution in [3.63, 3.8) is 0 Å². The van der Waals surface area contributed by atoms with E-state index in [9.17, 15) is 9.90 Å². The van der Waals surface area contributed by atoms with Gasteiger partial charge in [-0.2, -0.15) is 0 Å². The Labute approximate surface area is 110 Å². The van der Waals surface area contributed by atoms with E-state index in [2.05, 4.69) is 0 Å². The van der Waals surface area contributed by atoms with E-state index in [1.807, 2.05) is 6.07 Å². The van der Waals surface area contributed by atoms with Crippen LogP contribution in [0.2, 0.25) is 0 Å². The van der Waals surface area contributed by atoms with Crippen molar-refractivity contribution in [1.29, 1.82) is 0 Å². The number of benzene rings is 1. The molecule has 0 aliphatic carbocycles. The van der Waals surface area contributed by atoms with Gasteiger partial charge in [-0.3, -0.25) is 4.79 Å². The summed E-state index contributed by atoms with van der Waals surface area (Å²) >= 11 is 0. The lowest BCUT2D eigenvalue weighted by molar-refractivity contribution is -0.203. The van der Waals surface area contributed by atoms with Gasteiger partial charge in [-0.25, -0.2) is 0 Å². The number of rotatable bonds is 0. The zero-order valence-electron chi connectivity index (χ0n) is 11.2. The third-order valence-corrected chi connectivity index (χ3v) is 3.77. The molecule has 0 spiro atoms. The first-order valence-electron chi connectivity index (χ1n) is 6.30. The molecule has 1 aliphatic rings. The Kier molecular flexibility index (Phi) is 2.56. The Morgan fingerprint density at radius 2 is 2.05 bits per heavy atom. The highest BCUT2D eigenvalue weighted by molar-refractivity contribution is 5.82. The Morgan fingerprint density at radius 3 is 2.79 bits per heavy atom. The van der Waals surface area contributed by atoms with Crippen molar-refractivity contribution in [3.8, 4) is 0 Å². The fourth-order valence-electron chi connectivity index (χ4n) is 2.54. The van der Waals surface area contributed by atoms with Gasteiger partial charge in [-0.1, -0.05) is 6.07 Å². The van der Waals surface area contributed by atoms with Crippen LogP contribution in [0.25, 0.3) is 11.0 Å². The van der Waals surface area contributed by atoms with Crippen LogP contribution in [0.4, 0.5) is 0 Å². The van der Waals surface area contributed by atoms with Gasteiger partial charge in [0.2, 0.25) is 0 Å². The van der Waals surface area contributed by atoms with E-state index in [0.717, 1.165) is 11.1 Å². The number of hydrogen-bond acceptors (Lipinski definition) is 4. The SMILES string of the molecule is Cc1oc2ccc3c(c2c(=O)c1C)CC(C)(O)OC3. The first-order chi connectivity index (χ1) is 8.89. The molecule has 0 amide bonds. The molecule has 4 nitrogen and oxygen atoms in total. The van der Waals surface area contributed by atoms with Crippen molar-refractivity contribution in [2.24, 2.45) is 0 Å². The van der Waals surface area contributed by atoms with Crippen LogP contribution in [0.3, 0.4) is 0 Å². The van der Waals surface area contributed by atoms with Crippen LogP contribution >= 0.6 is 0 Å². The van der Waals surface area contributed by atoms with Crippen LogP contribution in [0, 0.1) is 13.8 Å². The molecule has 1 aliphatic heterocycles. The van der Waals surface area contributed by atoms with Crippen molar-refractivity contribution in [3.05, 3.63) is 44.8 Å². The van der Waals surface area contributed by atoms with Gasteiger partial charge in [0.05, 0.1) is 12.0 Å². The van der Waals surface area contributed by atoms with Crippen LogP contribution in [-0.2, 0) is 17.8 Å². The van der Waals surface area contributed by atoms with Gasteiger partial charge >= 0.3 is 0 Å². The largest absolute Gasteiger partial charge is 0.461 e. The standard InChI is InChI=1S/C15H16O4/c1-8-9(2)19-12-5-4-10-7-18-15(3,17)6-11(10)13(12)14(8)16/h4-5,17H,6-7H2,1-3H3. The Balaban J connectivity index is 2.39. The van der Waals surface area contributed by atoms with Gasteiger partial charge in [-0.05, 0) is 38.0 Å². The van der Waals surface area contributed by atoms with Crippen LogP contribution in [0.15, 0.2) is 21.3 Å². The summed E-state index contributed by atoms with van der Waals surface area (Å²) in [6.07, 6.45) is 0.299. The Morgan fingerprint density at radius 1 is 1.32 bits per heavy atom. The lowest BCUT2D eigenvalue weighted by Gasteiger charge is -2.30. The van der Waals surface area contributed by atoms with E-state index < -0.39 is 5.79 Å². The molecule has 0 saturated heterocycles. The lowest BCUT2D eigenvalue weighted by Crippen LogP contribution is -2.35. The molecule has 4 heteroatoms. The van der Waals surface area contributed by atoms with Gasteiger partial charge in [0.15, 0.2) is 11.2 Å². The molecule has 0 fully saturated rings. The van der Waals surface area contributed by atoms with Gasteiger partial charge in [-0.15, -0.1) is 0 Å². The fraction of sp³-hybridized carbons (Fsp3) is 0.400. The molecule has 2 aromatic rings. The Bertz CT molecular complexity index is 725. The topological polar surface area (TPSA) is 59.7 Å². The van der Waals surface area contributed by atoms with Crippen molar-refractivity contribution in [2.75, 3.05) is 0 Å². The summed E-state index contributed by atoms with van der Waals surface area (Å²) in [7, 11) is 0. The summed E-state index contributed by atoms with van der Waals surface area (Å²) in [5, 5.41) is 10.6. The summed E-state index contributed by atoms with van der Waals surface area (Å²) in [4.78, 5) is 12.4. The van der Waals surface area contributed by atoms with E-state index >= 15 is 0 Å². The number of aliphatic hydroxyl groups is 1.